The molecule has 3 heterocycles. The molecule has 3 aromatic carbocycles. The minimum Gasteiger partial charge on any atom is -0.493 e. The van der Waals surface area contributed by atoms with Gasteiger partial charge in [0.1, 0.15) is 47.4 Å². The third-order valence-corrected chi connectivity index (χ3v) is 8.71. The minimum atomic E-state index is -1.57. The van der Waals surface area contributed by atoms with E-state index in [-0.39, 0.29) is 24.3 Å². The lowest BCUT2D eigenvalue weighted by molar-refractivity contribution is -0.231. The van der Waals surface area contributed by atoms with Gasteiger partial charge in [0, 0.05) is 17.5 Å². The number of benzene rings is 3. The maximum absolute atomic E-state index is 13.1. The second kappa shape index (κ2) is 14.2. The van der Waals surface area contributed by atoms with E-state index in [1.807, 2.05) is 6.07 Å². The predicted molar refractivity (Wildman–Crippen MR) is 173 cm³/mol. The highest BCUT2D eigenvalue weighted by Gasteiger charge is 2.50. The fourth-order valence-electron chi connectivity index (χ4n) is 6.14. The lowest BCUT2D eigenvalue weighted by Crippen LogP contribution is -2.55. The van der Waals surface area contributed by atoms with Gasteiger partial charge >= 0.3 is 11.7 Å². The minimum absolute atomic E-state index is 0.108. The number of urea groups is 1. The first-order chi connectivity index (χ1) is 23.6. The van der Waals surface area contributed by atoms with Gasteiger partial charge in [0.25, 0.3) is 11.8 Å². The van der Waals surface area contributed by atoms with Crippen LogP contribution in [0.3, 0.4) is 0 Å². The summed E-state index contributed by atoms with van der Waals surface area (Å²) < 4.78 is 17.0. The molecule has 2 fully saturated rings. The van der Waals surface area contributed by atoms with Gasteiger partial charge in [0.15, 0.2) is 5.54 Å². The first kappa shape index (κ1) is 33.8. The number of ether oxygens (including phenoxy) is 2. The number of para-hydroxylation sites is 1. The molecule has 14 heteroatoms. The van der Waals surface area contributed by atoms with Crippen molar-refractivity contribution >= 4 is 28.8 Å². The maximum Gasteiger partial charge on any atom is 0.349 e. The Morgan fingerprint density at radius 2 is 1.65 bits per heavy atom. The highest BCUT2D eigenvalue weighted by Crippen LogP contribution is 2.38. The number of amides is 4. The Bertz CT molecular complexity index is 1910. The molecule has 4 amide bonds. The molecule has 49 heavy (non-hydrogen) atoms. The molecule has 0 spiro atoms. The zero-order valence-electron chi connectivity index (χ0n) is 26.1. The van der Waals surface area contributed by atoms with Crippen LogP contribution in [0.2, 0.25) is 0 Å². The van der Waals surface area contributed by atoms with Gasteiger partial charge in [-0.3, -0.25) is 14.9 Å². The number of rotatable bonds is 11. The van der Waals surface area contributed by atoms with Crippen LogP contribution in [-0.4, -0.2) is 82.4 Å². The molecule has 1 unspecified atom stereocenters. The largest absolute Gasteiger partial charge is 0.493 e. The van der Waals surface area contributed by atoms with Crippen LogP contribution in [0.1, 0.15) is 46.0 Å². The number of carbonyl (C=O) groups excluding carboxylic acids is 3. The predicted octanol–water partition coefficient (Wildman–Crippen LogP) is 0.980. The molecule has 2 aliphatic rings. The van der Waals surface area contributed by atoms with Crippen LogP contribution in [0.25, 0.3) is 11.0 Å². The molecule has 2 saturated heterocycles. The molecule has 14 nitrogen and oxygen atoms in total. The highest BCUT2D eigenvalue weighted by molar-refractivity contribution is 6.10. The summed E-state index contributed by atoms with van der Waals surface area (Å²) in [6.07, 6.45) is -5.79. The van der Waals surface area contributed by atoms with E-state index in [2.05, 4.69) is 16.0 Å². The van der Waals surface area contributed by atoms with E-state index in [9.17, 15) is 39.6 Å². The van der Waals surface area contributed by atoms with Crippen LogP contribution in [0.15, 0.2) is 88.1 Å². The Hall–Kier alpha value is -5.12. The molecular formula is C35H35N3O11. The van der Waals surface area contributed by atoms with Crippen molar-refractivity contribution in [3.8, 4) is 5.75 Å². The van der Waals surface area contributed by atoms with Crippen molar-refractivity contribution in [3.63, 3.8) is 0 Å². The number of fused-ring (bicyclic) bond motifs is 1. The van der Waals surface area contributed by atoms with Crippen LogP contribution in [0.5, 0.6) is 5.75 Å². The van der Waals surface area contributed by atoms with Crippen LogP contribution >= 0.6 is 0 Å². The number of hydrogen-bond donors (Lipinski definition) is 7. The van der Waals surface area contributed by atoms with Gasteiger partial charge in [-0.15, -0.1) is 0 Å². The summed E-state index contributed by atoms with van der Waals surface area (Å²) in [7, 11) is 0. The zero-order valence-corrected chi connectivity index (χ0v) is 26.1. The quantitative estimate of drug-likeness (QED) is 0.0677. The second-order valence-electron chi connectivity index (χ2n) is 11.8. The molecule has 0 radical (unpaired) electrons. The van der Waals surface area contributed by atoms with Gasteiger partial charge in [-0.05, 0) is 42.2 Å². The normalized spacial score (nSPS) is 25.1. The number of imide groups is 1. The van der Waals surface area contributed by atoms with E-state index in [1.54, 1.807) is 60.7 Å². The average Bonchev–Trinajstić information content (AvgIpc) is 3.42. The van der Waals surface area contributed by atoms with Gasteiger partial charge in [-0.2, -0.15) is 0 Å². The van der Waals surface area contributed by atoms with Crippen molar-refractivity contribution in [2.45, 2.75) is 48.9 Å². The first-order valence-electron chi connectivity index (χ1n) is 15.7. The molecule has 7 N–H and O–H groups in total. The number of hydrogen-bond acceptors (Lipinski definition) is 11. The molecule has 0 saturated carbocycles. The molecule has 256 valence electrons. The van der Waals surface area contributed by atoms with Crippen molar-refractivity contribution in [1.82, 2.24) is 16.0 Å². The van der Waals surface area contributed by atoms with Gasteiger partial charge in [0.2, 0.25) is 0 Å². The topological polar surface area (TPSA) is 217 Å². The Morgan fingerprint density at radius 1 is 0.898 bits per heavy atom. The number of carbonyl (C=O) groups is 3. The van der Waals surface area contributed by atoms with Crippen molar-refractivity contribution in [2.75, 3.05) is 19.8 Å². The number of aliphatic hydroxyl groups is 4. The summed E-state index contributed by atoms with van der Waals surface area (Å²) in [6.45, 7) is -0.119. The van der Waals surface area contributed by atoms with Crippen molar-refractivity contribution < 1.29 is 48.7 Å². The number of aliphatic hydroxyl groups excluding tert-OH is 4. The number of nitrogens with one attached hydrogen (secondary N) is 3. The SMILES string of the molecule is O=C1NC(=O)C(c2ccccc2)(c2ccccc2OCCCCNC(=O)c2cc3ccc([C@@H]4O[C@H](CO)[C@H](O)[C@H](O)[C@H]4O)cc3oc2=O)N1. The summed E-state index contributed by atoms with van der Waals surface area (Å²) in [6, 6.07) is 21.1. The molecule has 1 aromatic heterocycles. The van der Waals surface area contributed by atoms with Gasteiger partial charge in [-0.1, -0.05) is 60.7 Å². The van der Waals surface area contributed by atoms with E-state index in [0.717, 1.165) is 0 Å². The summed E-state index contributed by atoms with van der Waals surface area (Å²) in [4.78, 5) is 51.0. The van der Waals surface area contributed by atoms with E-state index in [0.29, 0.717) is 40.7 Å². The van der Waals surface area contributed by atoms with Crippen molar-refractivity contribution in [3.05, 3.63) is 112 Å². The Labute approximate surface area is 279 Å². The monoisotopic (exact) mass is 673 g/mol. The van der Waals surface area contributed by atoms with Crippen LogP contribution < -0.4 is 26.3 Å². The molecule has 0 aliphatic carbocycles. The Balaban J connectivity index is 1.06. The third kappa shape index (κ3) is 6.51. The molecule has 6 atom stereocenters. The fraction of sp³-hybridized carbons (Fsp3) is 0.314. The van der Waals surface area contributed by atoms with Crippen LogP contribution in [-0.2, 0) is 15.1 Å². The van der Waals surface area contributed by atoms with E-state index >= 15 is 0 Å². The smallest absolute Gasteiger partial charge is 0.349 e. The summed E-state index contributed by atoms with van der Waals surface area (Å²) in [5.41, 5.74) is -1.07. The molecule has 2 aliphatic heterocycles. The van der Waals surface area contributed by atoms with Crippen molar-refractivity contribution in [2.24, 2.45) is 0 Å². The lowest BCUT2D eigenvalue weighted by Gasteiger charge is -2.40. The third-order valence-electron chi connectivity index (χ3n) is 8.71. The summed E-state index contributed by atoms with van der Waals surface area (Å²) in [5, 5.41) is 48.3. The van der Waals surface area contributed by atoms with Crippen LogP contribution in [0.4, 0.5) is 4.79 Å². The fourth-order valence-corrected chi connectivity index (χ4v) is 6.14. The molecule has 0 bridgehead atoms. The highest BCUT2D eigenvalue weighted by atomic mass is 16.5. The Morgan fingerprint density at radius 3 is 2.39 bits per heavy atom. The standard InChI is InChI=1S/C35H35N3O11/c39-18-26-27(40)28(41)29(42)30(48-26)20-13-12-19-16-22(32(44)49-25(19)17-20)31(43)36-14-6-7-15-47-24-11-5-4-10-23(24)35(21-8-2-1-3-9-21)33(45)37-34(46)38-35/h1-5,8-13,16-17,26-30,39-42H,6-7,14-15,18H2,(H,36,43)(H2,37,38,45,46)/t26-,27+,28+,29-,30+,35?/m1/s1. The van der Waals surface area contributed by atoms with Gasteiger partial charge < -0.3 is 45.0 Å². The first-order valence-corrected chi connectivity index (χ1v) is 15.7. The Kier molecular flexibility index (Phi) is 9.76. The van der Waals surface area contributed by atoms with Gasteiger partial charge in [0.05, 0.1) is 13.2 Å². The summed E-state index contributed by atoms with van der Waals surface area (Å²) in [5.74, 6) is -0.737. The van der Waals surface area contributed by atoms with Gasteiger partial charge in [-0.25, -0.2) is 9.59 Å². The van der Waals surface area contributed by atoms with E-state index < -0.39 is 66.1 Å². The lowest BCUT2D eigenvalue weighted by atomic mass is 9.82. The summed E-state index contributed by atoms with van der Waals surface area (Å²) >= 11 is 0. The molecule has 6 rings (SSSR count). The molecular weight excluding hydrogens is 638 g/mol. The zero-order chi connectivity index (χ0) is 34.7. The van der Waals surface area contributed by atoms with E-state index in [1.165, 1.54) is 12.1 Å². The average molecular weight is 674 g/mol. The molecule has 4 aromatic rings. The second-order valence-corrected chi connectivity index (χ2v) is 11.8. The number of unbranched alkanes of at least 4 members (excludes halogenated alkanes) is 1. The van der Waals surface area contributed by atoms with Crippen molar-refractivity contribution in [1.29, 1.82) is 0 Å². The van der Waals surface area contributed by atoms with Crippen LogP contribution in [0, 0.1) is 0 Å². The van der Waals surface area contributed by atoms with E-state index in [4.69, 9.17) is 13.9 Å². The maximum atomic E-state index is 13.1.